The van der Waals surface area contributed by atoms with Crippen molar-refractivity contribution >= 4 is 27.5 Å². The number of benzene rings is 2. The van der Waals surface area contributed by atoms with E-state index in [9.17, 15) is 18.0 Å². The molecule has 0 aliphatic heterocycles. The predicted molar refractivity (Wildman–Crippen MR) is 131 cm³/mol. The summed E-state index contributed by atoms with van der Waals surface area (Å²) in [7, 11) is -0.855. The number of carbonyl (C=O) groups excluding carboxylic acids is 2. The van der Waals surface area contributed by atoms with Gasteiger partial charge in [-0.1, -0.05) is 24.3 Å². The average molecular weight is 492 g/mol. The zero-order valence-corrected chi connectivity index (χ0v) is 21.3. The van der Waals surface area contributed by atoms with Gasteiger partial charge in [-0.3, -0.25) is 13.9 Å². The normalized spacial score (nSPS) is 12.1. The highest BCUT2D eigenvalue weighted by Crippen LogP contribution is 2.29. The summed E-state index contributed by atoms with van der Waals surface area (Å²) in [5, 5.41) is 2.81. The van der Waals surface area contributed by atoms with Crippen molar-refractivity contribution in [2.75, 3.05) is 31.3 Å². The largest absolute Gasteiger partial charge is 0.497 e. The Kier molecular flexibility index (Phi) is 9.31. The molecule has 0 saturated carbocycles. The average Bonchev–Trinajstić information content (AvgIpc) is 2.79. The van der Waals surface area contributed by atoms with E-state index in [2.05, 4.69) is 5.32 Å². The number of methoxy groups -OCH3 is 2. The highest BCUT2D eigenvalue weighted by atomic mass is 32.2. The monoisotopic (exact) mass is 491 g/mol. The lowest BCUT2D eigenvalue weighted by Gasteiger charge is -2.32. The molecule has 9 nitrogen and oxygen atoms in total. The lowest BCUT2D eigenvalue weighted by molar-refractivity contribution is -0.139. The molecule has 34 heavy (non-hydrogen) atoms. The van der Waals surface area contributed by atoms with Gasteiger partial charge in [-0.05, 0) is 50.6 Å². The Labute approximate surface area is 201 Å². The fraction of sp³-hybridized carbons (Fsp3) is 0.417. The van der Waals surface area contributed by atoms with Crippen LogP contribution in [0.25, 0.3) is 0 Å². The molecule has 0 fully saturated rings. The van der Waals surface area contributed by atoms with E-state index >= 15 is 0 Å². The maximum atomic E-state index is 13.5. The van der Waals surface area contributed by atoms with Gasteiger partial charge in [0.15, 0.2) is 0 Å². The number of ether oxygens (including phenoxy) is 2. The quantitative estimate of drug-likeness (QED) is 0.518. The van der Waals surface area contributed by atoms with Crippen molar-refractivity contribution in [2.45, 2.75) is 39.4 Å². The van der Waals surface area contributed by atoms with Gasteiger partial charge in [0.05, 0.1) is 26.2 Å². The van der Waals surface area contributed by atoms with Crippen molar-refractivity contribution < 1.29 is 27.5 Å². The van der Waals surface area contributed by atoms with Crippen LogP contribution in [0, 0.1) is 0 Å². The van der Waals surface area contributed by atoms with Crippen molar-refractivity contribution in [1.29, 1.82) is 0 Å². The van der Waals surface area contributed by atoms with Gasteiger partial charge in [-0.15, -0.1) is 0 Å². The van der Waals surface area contributed by atoms with Gasteiger partial charge in [-0.2, -0.15) is 0 Å². The third kappa shape index (κ3) is 7.11. The Morgan fingerprint density at radius 1 is 0.971 bits per heavy atom. The number of amides is 2. The fourth-order valence-corrected chi connectivity index (χ4v) is 4.20. The van der Waals surface area contributed by atoms with Crippen LogP contribution in [0.2, 0.25) is 0 Å². The van der Waals surface area contributed by atoms with E-state index in [1.165, 1.54) is 12.0 Å². The molecule has 2 aromatic rings. The molecule has 0 spiro atoms. The predicted octanol–water partition coefficient (Wildman–Crippen LogP) is 2.41. The van der Waals surface area contributed by atoms with Crippen LogP contribution in [-0.4, -0.2) is 64.2 Å². The molecule has 0 unspecified atom stereocenters. The van der Waals surface area contributed by atoms with Crippen molar-refractivity contribution in [3.63, 3.8) is 0 Å². The third-order valence-electron chi connectivity index (χ3n) is 5.14. The number of sulfonamides is 1. The van der Waals surface area contributed by atoms with E-state index < -0.39 is 28.5 Å². The number of nitrogens with zero attached hydrogens (tertiary/aromatic N) is 2. The molecule has 0 aliphatic rings. The molecule has 0 radical (unpaired) electrons. The van der Waals surface area contributed by atoms with Crippen LogP contribution in [0.4, 0.5) is 5.69 Å². The molecule has 10 heteroatoms. The van der Waals surface area contributed by atoms with E-state index in [1.54, 1.807) is 62.6 Å². The maximum absolute atomic E-state index is 13.5. The Balaban J connectivity index is 2.41. The summed E-state index contributed by atoms with van der Waals surface area (Å²) in [6.07, 6.45) is 1.02. The van der Waals surface area contributed by atoms with Crippen molar-refractivity contribution in [3.8, 4) is 11.5 Å². The van der Waals surface area contributed by atoms with Gasteiger partial charge in [-0.25, -0.2) is 8.42 Å². The molecule has 0 heterocycles. The molecule has 0 aromatic heterocycles. The van der Waals surface area contributed by atoms with E-state index in [0.717, 1.165) is 16.1 Å². The summed E-state index contributed by atoms with van der Waals surface area (Å²) in [6, 6.07) is 12.7. The molecule has 2 rings (SSSR count). The van der Waals surface area contributed by atoms with Crippen LogP contribution < -0.4 is 19.1 Å². The van der Waals surface area contributed by atoms with E-state index in [-0.39, 0.29) is 24.2 Å². The molecule has 0 bridgehead atoms. The fourth-order valence-electron chi connectivity index (χ4n) is 3.35. The summed E-state index contributed by atoms with van der Waals surface area (Å²) < 4.78 is 36.8. The number of carbonyl (C=O) groups is 2. The minimum Gasteiger partial charge on any atom is -0.497 e. The van der Waals surface area contributed by atoms with Crippen LogP contribution in [0.5, 0.6) is 11.5 Å². The van der Waals surface area contributed by atoms with Crippen LogP contribution in [0.3, 0.4) is 0 Å². The SMILES string of the molecule is COc1ccc(CN(C(=O)CN(c2ccccc2OC)S(C)(=O)=O)[C@H](C)C(=O)NC(C)C)cc1. The molecular formula is C24H33N3O6S. The molecule has 2 aromatic carbocycles. The number of anilines is 1. The Hall–Kier alpha value is -3.27. The first-order valence-electron chi connectivity index (χ1n) is 10.8. The number of nitrogens with one attached hydrogen (secondary N) is 1. The van der Waals surface area contributed by atoms with Crippen LogP contribution in [0.15, 0.2) is 48.5 Å². The Morgan fingerprint density at radius 3 is 2.12 bits per heavy atom. The summed E-state index contributed by atoms with van der Waals surface area (Å²) in [4.78, 5) is 27.6. The second-order valence-corrected chi connectivity index (χ2v) is 10.1. The molecule has 186 valence electrons. The minimum atomic E-state index is -3.84. The van der Waals surface area contributed by atoms with Gasteiger partial charge in [0.25, 0.3) is 0 Å². The Morgan fingerprint density at radius 2 is 1.59 bits per heavy atom. The van der Waals surface area contributed by atoms with Gasteiger partial charge in [0, 0.05) is 12.6 Å². The van der Waals surface area contributed by atoms with E-state index in [0.29, 0.717) is 11.5 Å². The highest BCUT2D eigenvalue weighted by molar-refractivity contribution is 7.92. The van der Waals surface area contributed by atoms with Gasteiger partial charge in [0.2, 0.25) is 21.8 Å². The topological polar surface area (TPSA) is 105 Å². The molecule has 0 aliphatic carbocycles. The number of rotatable bonds is 11. The third-order valence-corrected chi connectivity index (χ3v) is 6.27. The smallest absolute Gasteiger partial charge is 0.244 e. The summed E-state index contributed by atoms with van der Waals surface area (Å²) in [6.45, 7) is 4.89. The molecular weight excluding hydrogens is 458 g/mol. The van der Waals surface area contributed by atoms with Crippen molar-refractivity contribution in [2.24, 2.45) is 0 Å². The van der Waals surface area contributed by atoms with E-state index in [1.807, 2.05) is 13.8 Å². The first kappa shape index (κ1) is 27.0. The molecule has 0 saturated heterocycles. The lowest BCUT2D eigenvalue weighted by Crippen LogP contribution is -2.52. The number of hydrogen-bond acceptors (Lipinski definition) is 6. The molecule has 1 atom stereocenters. The second-order valence-electron chi connectivity index (χ2n) is 8.15. The van der Waals surface area contributed by atoms with Crippen LogP contribution in [-0.2, 0) is 26.2 Å². The van der Waals surface area contributed by atoms with Gasteiger partial charge < -0.3 is 19.7 Å². The Bertz CT molecular complexity index is 1090. The first-order chi connectivity index (χ1) is 16.0. The number of hydrogen-bond donors (Lipinski definition) is 1. The summed E-state index contributed by atoms with van der Waals surface area (Å²) in [5.41, 5.74) is 1.01. The maximum Gasteiger partial charge on any atom is 0.244 e. The number of para-hydroxylation sites is 2. The molecule has 2 amide bonds. The van der Waals surface area contributed by atoms with Gasteiger partial charge >= 0.3 is 0 Å². The standard InChI is InChI=1S/C24H33N3O6S/c1-17(2)25-24(29)18(3)26(15-19-11-13-20(32-4)14-12-19)23(28)16-27(34(6,30)31)21-9-7-8-10-22(21)33-5/h7-14,17-18H,15-16H2,1-6H3,(H,25,29)/t18-/m1/s1. The van der Waals surface area contributed by atoms with Crippen LogP contribution in [0.1, 0.15) is 26.3 Å². The lowest BCUT2D eigenvalue weighted by atomic mass is 10.1. The van der Waals surface area contributed by atoms with Crippen LogP contribution >= 0.6 is 0 Å². The highest BCUT2D eigenvalue weighted by Gasteiger charge is 2.31. The zero-order valence-electron chi connectivity index (χ0n) is 20.4. The second kappa shape index (κ2) is 11.7. The zero-order chi connectivity index (χ0) is 25.5. The summed E-state index contributed by atoms with van der Waals surface area (Å²) in [5.74, 6) is 0.110. The summed E-state index contributed by atoms with van der Waals surface area (Å²) >= 11 is 0. The van der Waals surface area contributed by atoms with Crippen molar-refractivity contribution in [3.05, 3.63) is 54.1 Å². The van der Waals surface area contributed by atoms with Gasteiger partial charge in [0.1, 0.15) is 24.1 Å². The van der Waals surface area contributed by atoms with E-state index in [4.69, 9.17) is 9.47 Å². The van der Waals surface area contributed by atoms with Crippen molar-refractivity contribution in [1.82, 2.24) is 10.2 Å². The molecule has 1 N–H and O–H groups in total. The minimum absolute atomic E-state index is 0.110. The first-order valence-corrected chi connectivity index (χ1v) is 12.7.